The van der Waals surface area contributed by atoms with E-state index in [1.165, 1.54) is 0 Å². The summed E-state index contributed by atoms with van der Waals surface area (Å²) in [5.41, 5.74) is 4.33. The molecule has 3 aliphatic carbocycles. The predicted molar refractivity (Wildman–Crippen MR) is 147 cm³/mol. The van der Waals surface area contributed by atoms with E-state index in [-0.39, 0.29) is 35.8 Å². The highest BCUT2D eigenvalue weighted by molar-refractivity contribution is 6.24. The number of aromatic hydroxyl groups is 1. The Labute approximate surface area is 233 Å². The van der Waals surface area contributed by atoms with Gasteiger partial charge in [-0.3, -0.25) is 24.2 Å². The first-order valence-electron chi connectivity index (χ1n) is 13.7. The van der Waals surface area contributed by atoms with E-state index in [1.54, 1.807) is 25.1 Å². The molecule has 1 aromatic rings. The van der Waals surface area contributed by atoms with E-state index in [1.807, 2.05) is 14.1 Å². The SMILES string of the molecule is CCCN(C)C1CCN(C)c2c1cc(O)c1c2C[C@H]2C[C@H]3[C@@H](N(C)C)C(O)=C(C(N)=O)C(=O)[C@@]3(O)C(O)=C2C1=O. The summed E-state index contributed by atoms with van der Waals surface area (Å²) in [4.78, 5) is 45.5. The van der Waals surface area contributed by atoms with Crippen molar-refractivity contribution in [2.75, 3.05) is 46.2 Å². The van der Waals surface area contributed by atoms with Crippen LogP contribution in [0.2, 0.25) is 0 Å². The van der Waals surface area contributed by atoms with Crippen molar-refractivity contribution in [1.82, 2.24) is 9.80 Å². The fourth-order valence-corrected chi connectivity index (χ4v) is 7.59. The number of aliphatic hydroxyl groups excluding tert-OH is 2. The quantitative estimate of drug-likeness (QED) is 0.335. The van der Waals surface area contributed by atoms with Gasteiger partial charge in [0.1, 0.15) is 22.8 Å². The van der Waals surface area contributed by atoms with Gasteiger partial charge in [-0.2, -0.15) is 0 Å². The zero-order valence-corrected chi connectivity index (χ0v) is 23.6. The zero-order valence-electron chi connectivity index (χ0n) is 23.6. The Morgan fingerprint density at radius 3 is 2.48 bits per heavy atom. The minimum Gasteiger partial charge on any atom is -0.510 e. The van der Waals surface area contributed by atoms with Crippen LogP contribution in [0.15, 0.2) is 28.7 Å². The molecule has 0 spiro atoms. The van der Waals surface area contributed by atoms with Gasteiger partial charge in [-0.1, -0.05) is 6.92 Å². The van der Waals surface area contributed by atoms with Gasteiger partial charge in [-0.25, -0.2) is 0 Å². The molecule has 11 heteroatoms. The second-order valence-electron chi connectivity index (χ2n) is 11.9. The molecule has 0 saturated heterocycles. The third-order valence-corrected chi connectivity index (χ3v) is 9.31. The number of ketones is 2. The van der Waals surface area contributed by atoms with Crippen molar-refractivity contribution in [1.29, 1.82) is 0 Å². The number of fused-ring (bicyclic) bond motifs is 5. The van der Waals surface area contributed by atoms with Crippen LogP contribution in [0.3, 0.4) is 0 Å². The van der Waals surface area contributed by atoms with E-state index < -0.39 is 58.0 Å². The average molecular weight is 555 g/mol. The number of phenolic OH excluding ortho intramolecular Hbond substituents is 1. The van der Waals surface area contributed by atoms with E-state index in [0.717, 1.165) is 37.2 Å². The molecule has 0 bridgehead atoms. The van der Waals surface area contributed by atoms with Gasteiger partial charge in [0.25, 0.3) is 5.91 Å². The van der Waals surface area contributed by atoms with Crippen molar-refractivity contribution in [2.45, 2.75) is 50.3 Å². The Morgan fingerprint density at radius 1 is 1.20 bits per heavy atom. The number of primary amides is 1. The number of hydrogen-bond acceptors (Lipinski definition) is 10. The fraction of sp³-hybridized carbons (Fsp3) is 0.552. The van der Waals surface area contributed by atoms with Crippen LogP contribution in [-0.4, -0.2) is 101 Å². The molecule has 0 radical (unpaired) electrons. The average Bonchev–Trinajstić information content (AvgIpc) is 2.85. The smallest absolute Gasteiger partial charge is 0.255 e. The molecule has 0 saturated carbocycles. The molecule has 4 aliphatic rings. The van der Waals surface area contributed by atoms with Crippen LogP contribution >= 0.6 is 0 Å². The Bertz CT molecular complexity index is 1380. The summed E-state index contributed by atoms with van der Waals surface area (Å²) in [7, 11) is 7.23. The van der Waals surface area contributed by atoms with Gasteiger partial charge >= 0.3 is 0 Å². The second-order valence-corrected chi connectivity index (χ2v) is 11.9. The molecule has 11 nitrogen and oxygen atoms in total. The minimum absolute atomic E-state index is 0.0465. The summed E-state index contributed by atoms with van der Waals surface area (Å²) in [5, 5.41) is 45.4. The molecule has 5 atom stereocenters. The fourth-order valence-electron chi connectivity index (χ4n) is 7.59. The largest absolute Gasteiger partial charge is 0.510 e. The molecule has 1 aromatic carbocycles. The van der Waals surface area contributed by atoms with Gasteiger partial charge in [-0.05, 0) is 76.5 Å². The number of Topliss-reactive ketones (excluding diaryl/α,β-unsaturated/α-hetero) is 2. The Balaban J connectivity index is 1.70. The lowest BCUT2D eigenvalue weighted by atomic mass is 9.58. The molecular weight excluding hydrogens is 516 g/mol. The molecule has 0 aromatic heterocycles. The first kappa shape index (κ1) is 28.1. The van der Waals surface area contributed by atoms with Gasteiger partial charge in [0.15, 0.2) is 11.4 Å². The molecule has 216 valence electrons. The standard InChI is InChI=1S/C29H38N4O7/c1-6-8-32(4)17-7-9-33(5)22-14(17)12-18(34)20-15(22)10-13-11-16-23(31(2)3)25(36)21(28(30)39)27(38)29(16,40)26(37)19(13)24(20)35/h12-13,16-17,23,34,36-37,40H,6-11H2,1-5H3,(H2,30,39)/t13-,16-,17?,23+,29-/m0/s1. The summed E-state index contributed by atoms with van der Waals surface area (Å²) in [6, 6.07) is 0.664. The summed E-state index contributed by atoms with van der Waals surface area (Å²) in [6.45, 7) is 3.73. The molecule has 1 amide bonds. The summed E-state index contributed by atoms with van der Waals surface area (Å²) in [5.74, 6) is -6.43. The van der Waals surface area contributed by atoms with Crippen molar-refractivity contribution >= 4 is 23.2 Å². The van der Waals surface area contributed by atoms with Gasteiger partial charge in [0, 0.05) is 36.8 Å². The number of carbonyl (C=O) groups is 3. The van der Waals surface area contributed by atoms with Crippen LogP contribution in [0.25, 0.3) is 0 Å². The highest BCUT2D eigenvalue weighted by atomic mass is 16.3. The molecule has 6 N–H and O–H groups in total. The van der Waals surface area contributed by atoms with Crippen LogP contribution in [0.4, 0.5) is 5.69 Å². The number of hydrogen-bond donors (Lipinski definition) is 5. The molecule has 1 aliphatic heterocycles. The number of rotatable bonds is 5. The maximum absolute atomic E-state index is 14.0. The normalized spacial score (nSPS) is 29.9. The lowest BCUT2D eigenvalue weighted by Gasteiger charge is -2.50. The number of aliphatic hydroxyl groups is 3. The third kappa shape index (κ3) is 3.71. The van der Waals surface area contributed by atoms with Crippen LogP contribution in [0.1, 0.15) is 53.7 Å². The zero-order chi connectivity index (χ0) is 29.4. The molecule has 40 heavy (non-hydrogen) atoms. The van der Waals surface area contributed by atoms with Gasteiger partial charge < -0.3 is 31.1 Å². The van der Waals surface area contributed by atoms with E-state index in [9.17, 15) is 34.8 Å². The molecule has 1 unspecified atom stereocenters. The van der Waals surface area contributed by atoms with E-state index in [4.69, 9.17) is 5.73 Å². The number of likely N-dealkylation sites (N-methyl/N-ethyl adjacent to an activating group) is 1. The highest BCUT2D eigenvalue weighted by Crippen LogP contribution is 2.54. The van der Waals surface area contributed by atoms with Crippen molar-refractivity contribution in [2.24, 2.45) is 17.6 Å². The van der Waals surface area contributed by atoms with Crippen molar-refractivity contribution in [3.63, 3.8) is 0 Å². The maximum Gasteiger partial charge on any atom is 0.255 e. The second kappa shape index (κ2) is 9.60. The Hall–Kier alpha value is -3.41. The maximum atomic E-state index is 14.0. The highest BCUT2D eigenvalue weighted by Gasteiger charge is 2.63. The number of nitrogens with two attached hydrogens (primary N) is 1. The van der Waals surface area contributed by atoms with Gasteiger partial charge in [0.05, 0.1) is 11.6 Å². The van der Waals surface area contributed by atoms with Crippen LogP contribution in [0.5, 0.6) is 5.75 Å². The predicted octanol–water partition coefficient (Wildman–Crippen LogP) is 1.34. The summed E-state index contributed by atoms with van der Waals surface area (Å²) in [6.07, 6.45) is 2.17. The van der Waals surface area contributed by atoms with Crippen LogP contribution in [-0.2, 0) is 16.0 Å². The van der Waals surface area contributed by atoms with Crippen molar-refractivity contribution in [3.05, 3.63) is 45.4 Å². The van der Waals surface area contributed by atoms with Crippen LogP contribution in [0, 0.1) is 11.8 Å². The van der Waals surface area contributed by atoms with E-state index in [0.29, 0.717) is 5.56 Å². The number of nitrogens with zero attached hydrogens (tertiary/aromatic N) is 3. The number of allylic oxidation sites excluding steroid dienone is 1. The molecule has 5 rings (SSSR count). The first-order chi connectivity index (χ1) is 18.8. The Kier molecular flexibility index (Phi) is 6.75. The summed E-state index contributed by atoms with van der Waals surface area (Å²) < 4.78 is 0. The third-order valence-electron chi connectivity index (χ3n) is 9.31. The van der Waals surface area contributed by atoms with Crippen molar-refractivity contribution in [3.8, 4) is 5.75 Å². The van der Waals surface area contributed by atoms with Gasteiger partial charge in [0.2, 0.25) is 5.78 Å². The number of amides is 1. The van der Waals surface area contributed by atoms with Gasteiger partial charge in [-0.15, -0.1) is 0 Å². The van der Waals surface area contributed by atoms with Crippen LogP contribution < -0.4 is 10.6 Å². The number of carbonyl (C=O) groups excluding carboxylic acids is 3. The molecule has 1 heterocycles. The summed E-state index contributed by atoms with van der Waals surface area (Å²) >= 11 is 0. The number of anilines is 1. The van der Waals surface area contributed by atoms with Crippen molar-refractivity contribution < 1.29 is 34.8 Å². The lowest BCUT2D eigenvalue weighted by Crippen LogP contribution is -2.63. The topological polar surface area (TPSA) is 168 Å². The molecular formula is C29H38N4O7. The number of phenols is 1. The minimum atomic E-state index is -2.64. The molecule has 0 fully saturated rings. The Morgan fingerprint density at radius 2 is 1.88 bits per heavy atom. The number of benzene rings is 1. The first-order valence-corrected chi connectivity index (χ1v) is 13.7. The monoisotopic (exact) mass is 554 g/mol. The van der Waals surface area contributed by atoms with E-state index >= 15 is 0 Å². The lowest BCUT2D eigenvalue weighted by molar-refractivity contribution is -0.148. The van der Waals surface area contributed by atoms with E-state index in [2.05, 4.69) is 16.7 Å².